The number of nitro benzene ring substituents is 1. The highest BCUT2D eigenvalue weighted by atomic mass is 16.6. The molecule has 0 spiro atoms. The minimum absolute atomic E-state index is 0.0167. The molecule has 1 aromatic carbocycles. The normalized spacial score (nSPS) is 11.4. The molecule has 6 nitrogen and oxygen atoms in total. The Labute approximate surface area is 112 Å². The van der Waals surface area contributed by atoms with E-state index in [2.05, 4.69) is 5.32 Å². The second-order valence-electron chi connectivity index (χ2n) is 5.26. The van der Waals surface area contributed by atoms with Crippen LogP contribution in [0.25, 0.3) is 0 Å². The number of aliphatic hydroxyl groups excluding tert-OH is 2. The van der Waals surface area contributed by atoms with Crippen LogP contribution in [0.3, 0.4) is 0 Å². The first-order valence-corrected chi connectivity index (χ1v) is 6.12. The van der Waals surface area contributed by atoms with Gasteiger partial charge in [0.25, 0.3) is 5.69 Å². The molecule has 1 rings (SSSR count). The van der Waals surface area contributed by atoms with Gasteiger partial charge in [-0.15, -0.1) is 0 Å². The SMILES string of the molecule is CC(C)(CCO)CNc1cc(CO)ccc1[N+](=O)[O-]. The van der Waals surface area contributed by atoms with Crippen LogP contribution >= 0.6 is 0 Å². The van der Waals surface area contributed by atoms with Crippen molar-refractivity contribution >= 4 is 11.4 Å². The smallest absolute Gasteiger partial charge is 0.292 e. The average Bonchev–Trinajstić information content (AvgIpc) is 2.35. The standard InChI is InChI=1S/C13H20N2O4/c1-13(2,5-6-16)9-14-11-7-10(8-17)3-4-12(11)15(18)19/h3-4,7,14,16-17H,5-6,8-9H2,1-2H3. The van der Waals surface area contributed by atoms with E-state index in [0.29, 0.717) is 24.2 Å². The molecule has 3 N–H and O–H groups in total. The number of nitrogens with one attached hydrogen (secondary N) is 1. The number of rotatable bonds is 7. The van der Waals surface area contributed by atoms with Crippen LogP contribution in [-0.4, -0.2) is 28.3 Å². The molecule has 6 heteroatoms. The zero-order chi connectivity index (χ0) is 14.5. The summed E-state index contributed by atoms with van der Waals surface area (Å²) in [5, 5.41) is 32.0. The van der Waals surface area contributed by atoms with Gasteiger partial charge < -0.3 is 15.5 Å². The number of benzene rings is 1. The van der Waals surface area contributed by atoms with Gasteiger partial charge in [-0.1, -0.05) is 13.8 Å². The fourth-order valence-corrected chi connectivity index (χ4v) is 1.71. The van der Waals surface area contributed by atoms with E-state index in [1.807, 2.05) is 13.8 Å². The van der Waals surface area contributed by atoms with Crippen molar-refractivity contribution in [3.8, 4) is 0 Å². The molecule has 0 aliphatic heterocycles. The van der Waals surface area contributed by atoms with E-state index in [1.165, 1.54) is 12.1 Å². The van der Waals surface area contributed by atoms with E-state index < -0.39 is 4.92 Å². The quantitative estimate of drug-likeness (QED) is 0.518. The fraction of sp³-hybridized carbons (Fsp3) is 0.538. The number of aliphatic hydroxyl groups is 2. The van der Waals surface area contributed by atoms with Gasteiger partial charge in [0, 0.05) is 19.2 Å². The highest BCUT2D eigenvalue weighted by molar-refractivity contribution is 5.62. The van der Waals surface area contributed by atoms with E-state index in [-0.39, 0.29) is 24.3 Å². The Morgan fingerprint density at radius 2 is 2.05 bits per heavy atom. The summed E-state index contributed by atoms with van der Waals surface area (Å²) in [5.41, 5.74) is 0.824. The molecule has 0 aliphatic rings. The van der Waals surface area contributed by atoms with Crippen LogP contribution in [0.4, 0.5) is 11.4 Å². The van der Waals surface area contributed by atoms with Crippen LogP contribution in [0, 0.1) is 15.5 Å². The molecule has 0 atom stereocenters. The van der Waals surface area contributed by atoms with Gasteiger partial charge in [0.05, 0.1) is 11.5 Å². The van der Waals surface area contributed by atoms with E-state index >= 15 is 0 Å². The Balaban J connectivity index is 2.89. The molecule has 0 radical (unpaired) electrons. The maximum absolute atomic E-state index is 10.9. The highest BCUT2D eigenvalue weighted by Crippen LogP contribution is 2.28. The van der Waals surface area contributed by atoms with Crippen molar-refractivity contribution in [2.45, 2.75) is 26.9 Å². The van der Waals surface area contributed by atoms with Crippen molar-refractivity contribution < 1.29 is 15.1 Å². The molecule has 1 aromatic rings. The van der Waals surface area contributed by atoms with Crippen LogP contribution in [0.5, 0.6) is 0 Å². The molecule has 0 fully saturated rings. The lowest BCUT2D eigenvalue weighted by molar-refractivity contribution is -0.384. The van der Waals surface area contributed by atoms with Crippen LogP contribution in [-0.2, 0) is 6.61 Å². The third kappa shape index (κ3) is 4.50. The maximum atomic E-state index is 10.9. The van der Waals surface area contributed by atoms with Gasteiger partial charge in [0.2, 0.25) is 0 Å². The third-order valence-electron chi connectivity index (χ3n) is 2.99. The minimum atomic E-state index is -0.456. The lowest BCUT2D eigenvalue weighted by atomic mass is 9.89. The third-order valence-corrected chi connectivity index (χ3v) is 2.99. The number of hydrogen-bond acceptors (Lipinski definition) is 5. The molecule has 0 saturated heterocycles. The van der Waals surface area contributed by atoms with Crippen molar-refractivity contribution in [1.82, 2.24) is 0 Å². The molecule has 0 aliphatic carbocycles. The van der Waals surface area contributed by atoms with Crippen molar-refractivity contribution in [3.05, 3.63) is 33.9 Å². The van der Waals surface area contributed by atoms with Crippen LogP contribution in [0.1, 0.15) is 25.8 Å². The Morgan fingerprint density at radius 1 is 1.37 bits per heavy atom. The topological polar surface area (TPSA) is 95.6 Å². The molecule has 0 bridgehead atoms. The van der Waals surface area contributed by atoms with Crippen LogP contribution in [0.2, 0.25) is 0 Å². The monoisotopic (exact) mass is 268 g/mol. The van der Waals surface area contributed by atoms with Crippen molar-refractivity contribution in [2.24, 2.45) is 5.41 Å². The van der Waals surface area contributed by atoms with Gasteiger partial charge in [-0.25, -0.2) is 0 Å². The number of nitro groups is 1. The zero-order valence-electron chi connectivity index (χ0n) is 11.2. The summed E-state index contributed by atoms with van der Waals surface area (Å²) in [4.78, 5) is 10.5. The minimum Gasteiger partial charge on any atom is -0.396 e. The van der Waals surface area contributed by atoms with Crippen LogP contribution in [0.15, 0.2) is 18.2 Å². The molecule has 0 amide bonds. The average molecular weight is 268 g/mol. The molecule has 0 saturated carbocycles. The van der Waals surface area contributed by atoms with Gasteiger partial charge in [0.15, 0.2) is 0 Å². The van der Waals surface area contributed by atoms with Crippen molar-refractivity contribution in [1.29, 1.82) is 0 Å². The Kier molecular flexibility index (Phi) is 5.26. The molecule has 0 heterocycles. The van der Waals surface area contributed by atoms with Gasteiger partial charge >= 0.3 is 0 Å². The number of hydrogen-bond donors (Lipinski definition) is 3. The molecule has 0 aromatic heterocycles. The largest absolute Gasteiger partial charge is 0.396 e. The Hall–Kier alpha value is -1.66. The van der Waals surface area contributed by atoms with E-state index in [4.69, 9.17) is 10.2 Å². The fourth-order valence-electron chi connectivity index (χ4n) is 1.71. The lowest BCUT2D eigenvalue weighted by Gasteiger charge is -2.24. The Morgan fingerprint density at radius 3 is 2.58 bits per heavy atom. The summed E-state index contributed by atoms with van der Waals surface area (Å²) in [5.74, 6) is 0. The van der Waals surface area contributed by atoms with Gasteiger partial charge in [-0.05, 0) is 29.5 Å². The Bertz CT molecular complexity index is 446. The van der Waals surface area contributed by atoms with E-state index in [1.54, 1.807) is 6.07 Å². The number of anilines is 1. The van der Waals surface area contributed by atoms with Crippen molar-refractivity contribution in [3.63, 3.8) is 0 Å². The highest BCUT2D eigenvalue weighted by Gasteiger charge is 2.20. The summed E-state index contributed by atoms with van der Waals surface area (Å²) >= 11 is 0. The summed E-state index contributed by atoms with van der Waals surface area (Å²) in [6.07, 6.45) is 0.605. The molecule has 106 valence electrons. The predicted molar refractivity (Wildman–Crippen MR) is 73.0 cm³/mol. The van der Waals surface area contributed by atoms with Gasteiger partial charge in [-0.2, -0.15) is 0 Å². The number of nitrogens with zero attached hydrogens (tertiary/aromatic N) is 1. The lowest BCUT2D eigenvalue weighted by Crippen LogP contribution is -2.24. The molecule has 19 heavy (non-hydrogen) atoms. The van der Waals surface area contributed by atoms with E-state index in [0.717, 1.165) is 0 Å². The second kappa shape index (κ2) is 6.49. The van der Waals surface area contributed by atoms with Crippen molar-refractivity contribution in [2.75, 3.05) is 18.5 Å². The maximum Gasteiger partial charge on any atom is 0.292 e. The molecular weight excluding hydrogens is 248 g/mol. The second-order valence-corrected chi connectivity index (χ2v) is 5.26. The van der Waals surface area contributed by atoms with E-state index in [9.17, 15) is 10.1 Å². The summed E-state index contributed by atoms with van der Waals surface area (Å²) in [6, 6.07) is 4.49. The van der Waals surface area contributed by atoms with Crippen LogP contribution < -0.4 is 5.32 Å². The first-order chi connectivity index (χ1) is 8.89. The molecular formula is C13H20N2O4. The summed E-state index contributed by atoms with van der Waals surface area (Å²) in [7, 11) is 0. The zero-order valence-corrected chi connectivity index (χ0v) is 11.2. The molecule has 0 unspecified atom stereocenters. The first kappa shape index (κ1) is 15.4. The summed E-state index contributed by atoms with van der Waals surface area (Å²) < 4.78 is 0. The van der Waals surface area contributed by atoms with Gasteiger partial charge in [0.1, 0.15) is 5.69 Å². The van der Waals surface area contributed by atoms with Gasteiger partial charge in [-0.3, -0.25) is 10.1 Å². The summed E-state index contributed by atoms with van der Waals surface area (Å²) in [6.45, 7) is 4.36. The predicted octanol–water partition coefficient (Wildman–Crippen LogP) is 1.91. The first-order valence-electron chi connectivity index (χ1n) is 6.12.